The average molecular weight is 237 g/mol. The van der Waals surface area contributed by atoms with Crippen molar-refractivity contribution in [1.29, 1.82) is 5.26 Å². The molecule has 2 aliphatic carbocycles. The van der Waals surface area contributed by atoms with Gasteiger partial charge < -0.3 is 10.2 Å². The van der Waals surface area contributed by atoms with Crippen LogP contribution < -0.4 is 5.32 Å². The number of nitrogens with zero attached hydrogens (tertiary/aromatic N) is 2. The first kappa shape index (κ1) is 11.7. The number of thiocarbonyl (C=S) groups is 1. The Hall–Kier alpha value is -0.820. The van der Waals surface area contributed by atoms with Gasteiger partial charge in [-0.3, -0.25) is 0 Å². The maximum absolute atomic E-state index is 8.53. The maximum Gasteiger partial charge on any atom is 0.168 e. The van der Waals surface area contributed by atoms with E-state index in [-0.39, 0.29) is 0 Å². The summed E-state index contributed by atoms with van der Waals surface area (Å²) in [5.74, 6) is 1.78. The third kappa shape index (κ3) is 2.46. The molecule has 3 atom stereocenters. The normalized spacial score (nSPS) is 31.1. The summed E-state index contributed by atoms with van der Waals surface area (Å²) in [7, 11) is 1.96. The van der Waals surface area contributed by atoms with E-state index in [1.54, 1.807) is 0 Å². The van der Waals surface area contributed by atoms with E-state index in [0.29, 0.717) is 12.5 Å². The Balaban J connectivity index is 1.77. The molecule has 0 heterocycles. The monoisotopic (exact) mass is 237 g/mol. The Morgan fingerprint density at radius 3 is 2.88 bits per heavy atom. The number of hydrogen-bond acceptors (Lipinski definition) is 2. The van der Waals surface area contributed by atoms with Crippen molar-refractivity contribution in [2.45, 2.75) is 38.1 Å². The van der Waals surface area contributed by atoms with E-state index in [2.05, 4.69) is 11.4 Å². The van der Waals surface area contributed by atoms with Gasteiger partial charge >= 0.3 is 0 Å². The van der Waals surface area contributed by atoms with E-state index in [4.69, 9.17) is 17.5 Å². The summed E-state index contributed by atoms with van der Waals surface area (Å²) in [5.41, 5.74) is 0. The topological polar surface area (TPSA) is 39.1 Å². The summed E-state index contributed by atoms with van der Waals surface area (Å²) in [4.78, 5) is 1.98. The standard InChI is InChI=1S/C12H19N3S/c1-15(6-2-5-13)12(16)14-11-8-9-3-4-10(11)7-9/h9-11H,2-4,6-8H2,1H3,(H,14,16)/t9-,10-,11-/m0/s1. The highest BCUT2D eigenvalue weighted by Crippen LogP contribution is 2.44. The first-order valence-corrected chi connectivity index (χ1v) is 6.50. The molecule has 2 saturated carbocycles. The van der Waals surface area contributed by atoms with Gasteiger partial charge in [-0.2, -0.15) is 5.26 Å². The Morgan fingerprint density at radius 1 is 1.50 bits per heavy atom. The molecule has 16 heavy (non-hydrogen) atoms. The maximum atomic E-state index is 8.53. The SMILES string of the molecule is CN(CCC#N)C(=S)N[C@H]1C[C@H]2CC[C@H]1C2. The fraction of sp³-hybridized carbons (Fsp3) is 0.833. The Kier molecular flexibility index (Phi) is 3.65. The minimum Gasteiger partial charge on any atom is -0.360 e. The number of nitrogens with one attached hydrogen (secondary N) is 1. The molecule has 2 aliphatic rings. The Morgan fingerprint density at radius 2 is 2.31 bits per heavy atom. The highest BCUT2D eigenvalue weighted by molar-refractivity contribution is 7.80. The van der Waals surface area contributed by atoms with E-state index < -0.39 is 0 Å². The molecular weight excluding hydrogens is 218 g/mol. The predicted octanol–water partition coefficient (Wildman–Crippen LogP) is 1.89. The minimum absolute atomic E-state index is 0.537. The highest BCUT2D eigenvalue weighted by atomic mass is 32.1. The number of nitriles is 1. The lowest BCUT2D eigenvalue weighted by Gasteiger charge is -2.28. The highest BCUT2D eigenvalue weighted by Gasteiger charge is 2.39. The first-order chi connectivity index (χ1) is 7.70. The van der Waals surface area contributed by atoms with Gasteiger partial charge in [0, 0.05) is 19.6 Å². The van der Waals surface area contributed by atoms with Gasteiger partial charge in [-0.1, -0.05) is 6.42 Å². The largest absolute Gasteiger partial charge is 0.360 e. The molecule has 4 heteroatoms. The van der Waals surface area contributed by atoms with Gasteiger partial charge in [0.15, 0.2) is 5.11 Å². The van der Waals surface area contributed by atoms with E-state index in [9.17, 15) is 0 Å². The summed E-state index contributed by atoms with van der Waals surface area (Å²) < 4.78 is 0. The molecule has 2 rings (SSSR count). The van der Waals surface area contributed by atoms with Gasteiger partial charge in [-0.25, -0.2) is 0 Å². The van der Waals surface area contributed by atoms with Crippen molar-refractivity contribution < 1.29 is 0 Å². The molecule has 0 aromatic heterocycles. The van der Waals surface area contributed by atoms with Gasteiger partial charge in [-0.05, 0) is 43.3 Å². The molecule has 0 aromatic carbocycles. The lowest BCUT2D eigenvalue weighted by atomic mass is 9.95. The third-order valence-corrected chi connectivity index (χ3v) is 4.38. The van der Waals surface area contributed by atoms with Crippen LogP contribution in [0.1, 0.15) is 32.1 Å². The second kappa shape index (κ2) is 5.01. The molecular formula is C12H19N3S. The van der Waals surface area contributed by atoms with Gasteiger partial charge in [0.05, 0.1) is 12.5 Å². The number of hydrogen-bond donors (Lipinski definition) is 1. The fourth-order valence-corrected chi connectivity index (χ4v) is 3.25. The Bertz CT molecular complexity index is 310. The molecule has 0 saturated heterocycles. The summed E-state index contributed by atoms with van der Waals surface area (Å²) >= 11 is 5.35. The van der Waals surface area contributed by atoms with Crippen molar-refractivity contribution in [3.63, 3.8) is 0 Å². The van der Waals surface area contributed by atoms with Crippen molar-refractivity contribution in [2.24, 2.45) is 11.8 Å². The van der Waals surface area contributed by atoms with Gasteiger partial charge in [0.1, 0.15) is 0 Å². The molecule has 2 fully saturated rings. The van der Waals surface area contributed by atoms with Crippen LogP contribution in [-0.4, -0.2) is 29.6 Å². The van der Waals surface area contributed by atoms with Crippen LogP contribution in [0, 0.1) is 23.2 Å². The smallest absolute Gasteiger partial charge is 0.168 e. The van der Waals surface area contributed by atoms with E-state index in [1.165, 1.54) is 25.7 Å². The summed E-state index contributed by atoms with van der Waals surface area (Å²) in [6.45, 7) is 0.725. The fourth-order valence-electron chi connectivity index (χ4n) is 3.01. The average Bonchev–Trinajstić information content (AvgIpc) is 2.87. The lowest BCUT2D eigenvalue weighted by Crippen LogP contribution is -2.45. The van der Waals surface area contributed by atoms with Crippen molar-refractivity contribution in [1.82, 2.24) is 10.2 Å². The van der Waals surface area contributed by atoms with Crippen molar-refractivity contribution in [2.75, 3.05) is 13.6 Å². The lowest BCUT2D eigenvalue weighted by molar-refractivity contribution is 0.375. The van der Waals surface area contributed by atoms with Crippen LogP contribution >= 0.6 is 12.2 Å². The zero-order valence-corrected chi connectivity index (χ0v) is 10.6. The molecule has 3 nitrogen and oxygen atoms in total. The molecule has 88 valence electrons. The van der Waals surface area contributed by atoms with Crippen LogP contribution in [-0.2, 0) is 0 Å². The molecule has 1 N–H and O–H groups in total. The Labute approximate surface area is 103 Å². The molecule has 0 radical (unpaired) electrons. The molecule has 0 unspecified atom stereocenters. The van der Waals surface area contributed by atoms with Crippen molar-refractivity contribution >= 4 is 17.3 Å². The number of fused-ring (bicyclic) bond motifs is 2. The summed E-state index contributed by atoms with van der Waals surface area (Å²) in [5, 5.41) is 12.8. The second-order valence-electron chi connectivity index (χ2n) is 5.06. The van der Waals surface area contributed by atoms with Crippen LogP contribution in [0.3, 0.4) is 0 Å². The number of rotatable bonds is 3. The van der Waals surface area contributed by atoms with Crippen LogP contribution in [0.4, 0.5) is 0 Å². The zero-order valence-electron chi connectivity index (χ0n) is 9.78. The third-order valence-electron chi connectivity index (χ3n) is 3.95. The van der Waals surface area contributed by atoms with Crippen LogP contribution in [0.5, 0.6) is 0 Å². The van der Waals surface area contributed by atoms with Crippen LogP contribution in [0.25, 0.3) is 0 Å². The summed E-state index contributed by atoms with van der Waals surface area (Å²) in [6, 6.07) is 2.74. The first-order valence-electron chi connectivity index (χ1n) is 6.09. The second-order valence-corrected chi connectivity index (χ2v) is 5.45. The van der Waals surface area contributed by atoms with Crippen LogP contribution in [0.15, 0.2) is 0 Å². The van der Waals surface area contributed by atoms with Crippen molar-refractivity contribution in [3.05, 3.63) is 0 Å². The summed E-state index contributed by atoms with van der Waals surface area (Å²) in [6.07, 6.45) is 6.00. The van der Waals surface area contributed by atoms with E-state index in [1.807, 2.05) is 11.9 Å². The molecule has 0 aliphatic heterocycles. The van der Waals surface area contributed by atoms with E-state index in [0.717, 1.165) is 23.5 Å². The van der Waals surface area contributed by atoms with E-state index >= 15 is 0 Å². The van der Waals surface area contributed by atoms with Gasteiger partial charge in [0.2, 0.25) is 0 Å². The zero-order chi connectivity index (χ0) is 11.5. The molecule has 0 amide bonds. The van der Waals surface area contributed by atoms with Crippen molar-refractivity contribution in [3.8, 4) is 6.07 Å². The molecule has 0 aromatic rings. The molecule has 2 bridgehead atoms. The molecule has 0 spiro atoms. The van der Waals surface area contributed by atoms with Gasteiger partial charge in [0.25, 0.3) is 0 Å². The minimum atomic E-state index is 0.537. The van der Waals surface area contributed by atoms with Gasteiger partial charge in [-0.15, -0.1) is 0 Å². The quantitative estimate of drug-likeness (QED) is 0.761. The predicted molar refractivity (Wildman–Crippen MR) is 67.8 cm³/mol. The van der Waals surface area contributed by atoms with Crippen LogP contribution in [0.2, 0.25) is 0 Å².